The first-order valence-electron chi connectivity index (χ1n) is 7.41. The van der Waals surface area contributed by atoms with Crippen LogP contribution < -0.4 is 0 Å². The average molecular weight is 270 g/mol. The molecule has 0 saturated carbocycles. The maximum atomic E-state index is 4.73. The van der Waals surface area contributed by atoms with E-state index in [0.29, 0.717) is 0 Å². The third-order valence-corrected chi connectivity index (χ3v) is 4.98. The van der Waals surface area contributed by atoms with Gasteiger partial charge in [-0.05, 0) is 35.1 Å². The highest BCUT2D eigenvalue weighted by atomic mass is 14.8. The Balaban J connectivity index is 1.94. The van der Waals surface area contributed by atoms with Crippen LogP contribution >= 0.6 is 0 Å². The van der Waals surface area contributed by atoms with Gasteiger partial charge in [0.25, 0.3) is 0 Å². The first-order chi connectivity index (χ1) is 10.4. The van der Waals surface area contributed by atoms with Crippen LogP contribution in [0.5, 0.6) is 0 Å². The Labute approximate surface area is 123 Å². The van der Waals surface area contributed by atoms with Gasteiger partial charge in [-0.15, -0.1) is 0 Å². The Morgan fingerprint density at radius 3 is 2.10 bits per heavy atom. The van der Waals surface area contributed by atoms with Gasteiger partial charge in [-0.2, -0.15) is 0 Å². The molecule has 21 heavy (non-hydrogen) atoms. The Hall–Kier alpha value is -2.48. The number of fused-ring (bicyclic) bond motifs is 7. The Bertz CT molecular complexity index is 821. The molecule has 100 valence electrons. The summed E-state index contributed by atoms with van der Waals surface area (Å²) in [5, 5.41) is 0. The predicted octanol–water partition coefficient (Wildman–Crippen LogP) is 3.74. The molecule has 0 amide bonds. The monoisotopic (exact) mass is 270 g/mol. The molecule has 0 atom stereocenters. The third-order valence-electron chi connectivity index (χ3n) is 4.98. The zero-order valence-corrected chi connectivity index (χ0v) is 11.6. The van der Waals surface area contributed by atoms with Gasteiger partial charge >= 0.3 is 0 Å². The van der Waals surface area contributed by atoms with Crippen LogP contribution in [0, 0.1) is 0 Å². The van der Waals surface area contributed by atoms with Crippen molar-refractivity contribution in [2.75, 3.05) is 0 Å². The van der Waals surface area contributed by atoms with E-state index in [1.165, 1.54) is 22.3 Å². The highest BCUT2D eigenvalue weighted by Crippen LogP contribution is 2.56. The molecule has 0 N–H and O–H groups in total. The molecule has 0 aliphatic heterocycles. The summed E-state index contributed by atoms with van der Waals surface area (Å²) in [5.74, 6) is 0. The molecule has 0 unspecified atom stereocenters. The van der Waals surface area contributed by atoms with Gasteiger partial charge in [0.05, 0.1) is 16.8 Å². The van der Waals surface area contributed by atoms with Crippen molar-refractivity contribution in [1.82, 2.24) is 9.97 Å². The number of aromatic nitrogens is 2. The molecule has 0 radical (unpaired) electrons. The van der Waals surface area contributed by atoms with Crippen LogP contribution in [0.3, 0.4) is 0 Å². The Morgan fingerprint density at radius 1 is 0.762 bits per heavy atom. The van der Waals surface area contributed by atoms with Gasteiger partial charge in [0.2, 0.25) is 0 Å². The fraction of sp³-hybridized carbons (Fsp3) is 0.158. The molecule has 2 heteroatoms. The normalized spacial score (nSPS) is 16.6. The van der Waals surface area contributed by atoms with Crippen molar-refractivity contribution in [2.24, 2.45) is 0 Å². The highest BCUT2D eigenvalue weighted by molar-refractivity contribution is 5.83. The molecular weight excluding hydrogens is 256 g/mol. The van der Waals surface area contributed by atoms with E-state index in [0.717, 1.165) is 24.2 Å². The molecule has 2 nitrogen and oxygen atoms in total. The summed E-state index contributed by atoms with van der Waals surface area (Å²) < 4.78 is 0. The van der Waals surface area contributed by atoms with E-state index in [-0.39, 0.29) is 5.41 Å². The lowest BCUT2D eigenvalue weighted by Gasteiger charge is -2.26. The molecule has 1 heterocycles. The minimum Gasteiger partial charge on any atom is -0.258 e. The highest BCUT2D eigenvalue weighted by Gasteiger charge is 2.49. The van der Waals surface area contributed by atoms with Crippen molar-refractivity contribution in [3.8, 4) is 11.1 Å². The van der Waals surface area contributed by atoms with E-state index in [1.54, 1.807) is 0 Å². The molecule has 2 aliphatic carbocycles. The number of nitrogens with zero attached hydrogens (tertiary/aromatic N) is 2. The smallest absolute Gasteiger partial charge is 0.0768 e. The lowest BCUT2D eigenvalue weighted by molar-refractivity contribution is 0.611. The third kappa shape index (κ3) is 1.23. The SMILES string of the molecule is c1ccc2c(c1)-c1ccccc1C21CCc2nccnc21. The summed E-state index contributed by atoms with van der Waals surface area (Å²) in [7, 11) is 0. The topological polar surface area (TPSA) is 25.8 Å². The Kier molecular flexibility index (Phi) is 2.02. The van der Waals surface area contributed by atoms with Gasteiger partial charge in [-0.3, -0.25) is 9.97 Å². The van der Waals surface area contributed by atoms with E-state index >= 15 is 0 Å². The lowest BCUT2D eigenvalue weighted by Crippen LogP contribution is -2.24. The fourth-order valence-electron chi connectivity index (χ4n) is 4.18. The fourth-order valence-corrected chi connectivity index (χ4v) is 4.18. The summed E-state index contributed by atoms with van der Waals surface area (Å²) in [6, 6.07) is 17.5. The lowest BCUT2D eigenvalue weighted by atomic mass is 9.76. The summed E-state index contributed by atoms with van der Waals surface area (Å²) in [4.78, 5) is 9.29. The number of aryl methyl sites for hydroxylation is 1. The van der Waals surface area contributed by atoms with E-state index < -0.39 is 0 Å². The van der Waals surface area contributed by atoms with Crippen molar-refractivity contribution in [2.45, 2.75) is 18.3 Å². The van der Waals surface area contributed by atoms with Gasteiger partial charge < -0.3 is 0 Å². The largest absolute Gasteiger partial charge is 0.258 e. The molecule has 1 spiro atoms. The zero-order chi connectivity index (χ0) is 13.9. The minimum absolute atomic E-state index is 0.0865. The van der Waals surface area contributed by atoms with E-state index in [9.17, 15) is 0 Å². The van der Waals surface area contributed by atoms with E-state index in [4.69, 9.17) is 4.98 Å². The number of hydrogen-bond acceptors (Lipinski definition) is 2. The van der Waals surface area contributed by atoms with Crippen LogP contribution in [0.4, 0.5) is 0 Å². The molecule has 0 saturated heterocycles. The van der Waals surface area contributed by atoms with Gasteiger partial charge in [-0.1, -0.05) is 48.5 Å². The van der Waals surface area contributed by atoms with Crippen molar-refractivity contribution < 1.29 is 0 Å². The van der Waals surface area contributed by atoms with Crippen molar-refractivity contribution in [3.63, 3.8) is 0 Å². The van der Waals surface area contributed by atoms with Gasteiger partial charge in [0, 0.05) is 12.4 Å². The van der Waals surface area contributed by atoms with Gasteiger partial charge in [0.15, 0.2) is 0 Å². The van der Waals surface area contributed by atoms with E-state index in [1.807, 2.05) is 12.4 Å². The second kappa shape index (κ2) is 3.79. The van der Waals surface area contributed by atoms with Crippen LogP contribution in [-0.2, 0) is 11.8 Å². The Morgan fingerprint density at radius 2 is 1.38 bits per heavy atom. The minimum atomic E-state index is -0.0865. The molecule has 0 fully saturated rings. The van der Waals surface area contributed by atoms with Crippen molar-refractivity contribution in [3.05, 3.63) is 83.4 Å². The standard InChI is InChI=1S/C19H14N2/c1-3-7-15-13(5-1)14-6-2-4-8-16(14)19(15)10-9-17-18(19)21-12-11-20-17/h1-8,11-12H,9-10H2. The first kappa shape index (κ1) is 11.2. The quantitative estimate of drug-likeness (QED) is 0.622. The number of benzene rings is 2. The molecule has 2 aromatic carbocycles. The van der Waals surface area contributed by atoms with Crippen LogP contribution in [0.2, 0.25) is 0 Å². The maximum Gasteiger partial charge on any atom is 0.0768 e. The molecule has 3 aromatic rings. The molecule has 0 bridgehead atoms. The molecule has 5 rings (SSSR count). The number of hydrogen-bond donors (Lipinski definition) is 0. The van der Waals surface area contributed by atoms with Crippen LogP contribution in [0.25, 0.3) is 11.1 Å². The second-order valence-corrected chi connectivity index (χ2v) is 5.85. The summed E-state index contributed by atoms with van der Waals surface area (Å²) in [5.41, 5.74) is 7.72. The summed E-state index contributed by atoms with van der Waals surface area (Å²) in [6.07, 6.45) is 5.71. The zero-order valence-electron chi connectivity index (χ0n) is 11.6. The molecular formula is C19H14N2. The van der Waals surface area contributed by atoms with Gasteiger partial charge in [0.1, 0.15) is 0 Å². The van der Waals surface area contributed by atoms with Crippen LogP contribution in [-0.4, -0.2) is 9.97 Å². The summed E-state index contributed by atoms with van der Waals surface area (Å²) >= 11 is 0. The van der Waals surface area contributed by atoms with Gasteiger partial charge in [-0.25, -0.2) is 0 Å². The van der Waals surface area contributed by atoms with Crippen molar-refractivity contribution >= 4 is 0 Å². The van der Waals surface area contributed by atoms with Crippen LogP contribution in [0.15, 0.2) is 60.9 Å². The summed E-state index contributed by atoms with van der Waals surface area (Å²) in [6.45, 7) is 0. The first-order valence-corrected chi connectivity index (χ1v) is 7.41. The van der Waals surface area contributed by atoms with E-state index in [2.05, 4.69) is 53.5 Å². The van der Waals surface area contributed by atoms with Crippen molar-refractivity contribution in [1.29, 1.82) is 0 Å². The number of rotatable bonds is 0. The van der Waals surface area contributed by atoms with Crippen LogP contribution in [0.1, 0.15) is 28.9 Å². The molecule has 1 aromatic heterocycles. The predicted molar refractivity (Wildman–Crippen MR) is 82.1 cm³/mol. The maximum absolute atomic E-state index is 4.73. The molecule has 2 aliphatic rings. The average Bonchev–Trinajstić information content (AvgIpc) is 3.08. The second-order valence-electron chi connectivity index (χ2n) is 5.85.